The Kier molecular flexibility index (Phi) is 7.08. The van der Waals surface area contributed by atoms with Crippen LogP contribution in [0.5, 0.6) is 0 Å². The molecule has 0 aromatic heterocycles. The van der Waals surface area contributed by atoms with Crippen LogP contribution in [0.3, 0.4) is 0 Å². The molecule has 0 saturated carbocycles. The van der Waals surface area contributed by atoms with E-state index in [0.29, 0.717) is 0 Å². The Morgan fingerprint density at radius 1 is 0.778 bits per heavy atom. The molecule has 0 aliphatic rings. The molecule has 0 bridgehead atoms. The van der Waals surface area contributed by atoms with Gasteiger partial charge in [-0.2, -0.15) is 0 Å². The van der Waals surface area contributed by atoms with Crippen molar-refractivity contribution in [1.29, 1.82) is 0 Å². The van der Waals surface area contributed by atoms with Crippen LogP contribution in [-0.2, 0) is 0 Å². The zero-order valence-corrected chi connectivity index (χ0v) is 17.3. The number of nitrogens with zero attached hydrogens (tertiary/aromatic N) is 1. The molecular formula is C24H23ClNP. The van der Waals surface area contributed by atoms with E-state index in [1.165, 1.54) is 10.6 Å². The van der Waals surface area contributed by atoms with E-state index in [1.807, 2.05) is 24.3 Å². The summed E-state index contributed by atoms with van der Waals surface area (Å²) < 4.78 is 2.54. The van der Waals surface area contributed by atoms with Crippen LogP contribution in [0.2, 0.25) is 5.02 Å². The molecule has 27 heavy (non-hydrogen) atoms. The molecule has 0 radical (unpaired) electrons. The summed E-state index contributed by atoms with van der Waals surface area (Å²) in [5.41, 5.74) is 2.07. The topological polar surface area (TPSA) is 3.24 Å². The van der Waals surface area contributed by atoms with Crippen molar-refractivity contribution in [2.75, 3.05) is 13.1 Å². The summed E-state index contributed by atoms with van der Waals surface area (Å²) in [6.45, 7) is 6.47. The smallest absolute Gasteiger partial charge is 0.0406 e. The molecule has 0 amide bonds. The number of rotatable bonds is 5. The predicted molar refractivity (Wildman–Crippen MR) is 119 cm³/mol. The van der Waals surface area contributed by atoms with Crippen molar-refractivity contribution in [3.63, 3.8) is 0 Å². The first kappa shape index (κ1) is 19.7. The maximum atomic E-state index is 5.98. The highest BCUT2D eigenvalue weighted by Crippen LogP contribution is 2.38. The van der Waals surface area contributed by atoms with Crippen molar-refractivity contribution >= 4 is 30.3 Å². The molecule has 3 aromatic rings. The summed E-state index contributed by atoms with van der Waals surface area (Å²) in [6.07, 6.45) is 0. The van der Waals surface area contributed by atoms with Gasteiger partial charge in [0.15, 0.2) is 0 Å². The lowest BCUT2D eigenvalue weighted by Crippen LogP contribution is -2.29. The van der Waals surface area contributed by atoms with Crippen LogP contribution in [0.15, 0.2) is 78.9 Å². The second kappa shape index (κ2) is 9.72. The average molecular weight is 392 g/mol. The molecule has 1 unspecified atom stereocenters. The van der Waals surface area contributed by atoms with E-state index in [1.54, 1.807) is 0 Å². The Hall–Kier alpha value is -2.10. The van der Waals surface area contributed by atoms with E-state index >= 15 is 0 Å². The molecule has 3 rings (SSSR count). The minimum atomic E-state index is -0.611. The zero-order chi connectivity index (χ0) is 19.1. The average Bonchev–Trinajstić information content (AvgIpc) is 2.72. The Labute approximate surface area is 168 Å². The molecule has 0 N–H and O–H groups in total. The lowest BCUT2D eigenvalue weighted by molar-refractivity contribution is 0.514. The fourth-order valence-electron chi connectivity index (χ4n) is 2.97. The van der Waals surface area contributed by atoms with Gasteiger partial charge in [0.1, 0.15) is 0 Å². The molecule has 0 fully saturated rings. The predicted octanol–water partition coefficient (Wildman–Crippen LogP) is 5.43. The first-order chi connectivity index (χ1) is 13.2. The summed E-state index contributed by atoms with van der Waals surface area (Å²) in [5, 5.41) is 3.40. The third-order valence-electron chi connectivity index (χ3n) is 4.33. The maximum Gasteiger partial charge on any atom is 0.0406 e. The number of benzene rings is 3. The lowest BCUT2D eigenvalue weighted by atomic mass is 10.2. The van der Waals surface area contributed by atoms with Crippen molar-refractivity contribution in [1.82, 2.24) is 4.67 Å². The summed E-state index contributed by atoms with van der Waals surface area (Å²) in [6, 6.07) is 27.0. The van der Waals surface area contributed by atoms with Crippen LogP contribution in [0.25, 0.3) is 0 Å². The Morgan fingerprint density at radius 2 is 1.41 bits per heavy atom. The molecule has 0 saturated heterocycles. The van der Waals surface area contributed by atoms with Gasteiger partial charge in [0.25, 0.3) is 0 Å². The lowest BCUT2D eigenvalue weighted by Gasteiger charge is -2.31. The molecule has 0 spiro atoms. The van der Waals surface area contributed by atoms with Crippen LogP contribution in [0.1, 0.15) is 25.0 Å². The van der Waals surface area contributed by atoms with E-state index in [2.05, 4.69) is 85.0 Å². The van der Waals surface area contributed by atoms with Crippen LogP contribution in [0, 0.1) is 11.8 Å². The van der Waals surface area contributed by atoms with Crippen molar-refractivity contribution in [2.45, 2.75) is 13.8 Å². The minimum Gasteiger partial charge on any atom is -0.275 e. The Bertz CT molecular complexity index is 922. The summed E-state index contributed by atoms with van der Waals surface area (Å²) in [4.78, 5) is 0. The minimum absolute atomic E-state index is 0.611. The van der Waals surface area contributed by atoms with E-state index in [-0.39, 0.29) is 0 Å². The third kappa shape index (κ3) is 5.00. The Balaban J connectivity index is 2.05. The highest BCUT2D eigenvalue weighted by molar-refractivity contribution is 7.70. The molecule has 3 aromatic carbocycles. The summed E-state index contributed by atoms with van der Waals surface area (Å²) in [5.74, 6) is 6.69. The molecule has 0 heterocycles. The molecule has 136 valence electrons. The fraction of sp³-hybridized carbons (Fsp3) is 0.167. The van der Waals surface area contributed by atoms with Gasteiger partial charge in [0.05, 0.1) is 0 Å². The van der Waals surface area contributed by atoms with Gasteiger partial charge in [-0.3, -0.25) is 4.67 Å². The molecule has 1 nitrogen and oxygen atoms in total. The molecule has 3 heteroatoms. The molecular weight excluding hydrogens is 369 g/mol. The zero-order valence-electron chi connectivity index (χ0n) is 15.7. The monoisotopic (exact) mass is 391 g/mol. The van der Waals surface area contributed by atoms with Crippen LogP contribution in [0.4, 0.5) is 0 Å². The summed E-state index contributed by atoms with van der Waals surface area (Å²) >= 11 is 5.98. The second-order valence-electron chi connectivity index (χ2n) is 6.06. The van der Waals surface area contributed by atoms with Crippen LogP contribution >= 0.6 is 19.7 Å². The standard InChI is InChI=1S/C24H23ClNP/c1-3-26(4-2)27(23-11-6-5-7-12-23)24-13-9-8-10-21(24)17-14-20-15-18-22(25)19-16-20/h5-13,15-16,18-19H,3-4H2,1-2H3. The van der Waals surface area contributed by atoms with Crippen molar-refractivity contribution in [2.24, 2.45) is 0 Å². The highest BCUT2D eigenvalue weighted by atomic mass is 35.5. The number of hydrogen-bond acceptors (Lipinski definition) is 1. The van der Waals surface area contributed by atoms with Gasteiger partial charge in [-0.1, -0.05) is 85.8 Å². The van der Waals surface area contributed by atoms with Gasteiger partial charge in [0.2, 0.25) is 0 Å². The van der Waals surface area contributed by atoms with E-state index in [0.717, 1.165) is 29.2 Å². The molecule has 0 aliphatic heterocycles. The van der Waals surface area contributed by atoms with Crippen molar-refractivity contribution < 1.29 is 0 Å². The van der Waals surface area contributed by atoms with E-state index in [9.17, 15) is 0 Å². The number of hydrogen-bond donors (Lipinski definition) is 0. The number of halogens is 1. The van der Waals surface area contributed by atoms with E-state index < -0.39 is 8.07 Å². The Morgan fingerprint density at radius 3 is 2.07 bits per heavy atom. The van der Waals surface area contributed by atoms with Gasteiger partial charge in [-0.05, 0) is 48.7 Å². The third-order valence-corrected chi connectivity index (χ3v) is 7.35. The fourth-order valence-corrected chi connectivity index (χ4v) is 5.61. The van der Waals surface area contributed by atoms with Crippen molar-refractivity contribution in [3.05, 3.63) is 95.0 Å². The van der Waals surface area contributed by atoms with E-state index in [4.69, 9.17) is 11.6 Å². The van der Waals surface area contributed by atoms with Gasteiger partial charge < -0.3 is 0 Å². The first-order valence-corrected chi connectivity index (χ1v) is 10.9. The SMILES string of the molecule is CCN(CC)P(c1ccccc1)c1ccccc1C#Cc1ccc(Cl)cc1. The summed E-state index contributed by atoms with van der Waals surface area (Å²) in [7, 11) is -0.611. The van der Waals surface area contributed by atoms with Crippen LogP contribution in [-0.4, -0.2) is 17.8 Å². The first-order valence-electron chi connectivity index (χ1n) is 9.19. The quantitative estimate of drug-likeness (QED) is 0.414. The molecule has 0 aliphatic carbocycles. The van der Waals surface area contributed by atoms with Gasteiger partial charge in [-0.25, -0.2) is 0 Å². The maximum absolute atomic E-state index is 5.98. The molecule has 1 atom stereocenters. The van der Waals surface area contributed by atoms with Gasteiger partial charge in [-0.15, -0.1) is 0 Å². The highest BCUT2D eigenvalue weighted by Gasteiger charge is 2.21. The van der Waals surface area contributed by atoms with Crippen LogP contribution < -0.4 is 10.6 Å². The van der Waals surface area contributed by atoms with Crippen molar-refractivity contribution in [3.8, 4) is 11.8 Å². The largest absolute Gasteiger partial charge is 0.275 e. The van der Waals surface area contributed by atoms with Gasteiger partial charge >= 0.3 is 0 Å². The second-order valence-corrected chi connectivity index (χ2v) is 8.68. The normalized spacial score (nSPS) is 11.7. The van der Waals surface area contributed by atoms with Gasteiger partial charge in [0, 0.05) is 29.5 Å².